The summed E-state index contributed by atoms with van der Waals surface area (Å²) in [6.45, 7) is 4.97. The largest absolute Gasteiger partial charge is 0.448 e. The molecule has 0 aliphatic carbocycles. The predicted molar refractivity (Wildman–Crippen MR) is 111 cm³/mol. The third-order valence-corrected chi connectivity index (χ3v) is 5.48. The van der Waals surface area contributed by atoms with Crippen LogP contribution in [0.4, 0.5) is 18.0 Å². The van der Waals surface area contributed by atoms with Gasteiger partial charge in [-0.05, 0) is 45.0 Å². The van der Waals surface area contributed by atoms with E-state index in [9.17, 15) is 27.6 Å². The number of fused-ring (bicyclic) bond motifs is 1. The average Bonchev–Trinajstić information content (AvgIpc) is 3.28. The Balaban J connectivity index is 1.84. The molecular formula is C20H19F3N4O4S. The van der Waals surface area contributed by atoms with Gasteiger partial charge in [0.15, 0.2) is 6.10 Å². The Morgan fingerprint density at radius 1 is 1.25 bits per heavy atom. The summed E-state index contributed by atoms with van der Waals surface area (Å²) in [6, 6.07) is 5.48. The molecule has 2 heterocycles. The Bertz CT molecular complexity index is 1190. The molecule has 0 fully saturated rings. The van der Waals surface area contributed by atoms with Crippen LogP contribution in [-0.2, 0) is 15.7 Å². The molecule has 0 spiro atoms. The summed E-state index contributed by atoms with van der Waals surface area (Å²) in [5, 5.41) is 9.28. The number of rotatable bonds is 5. The molecule has 12 heteroatoms. The first-order valence-electron chi connectivity index (χ1n) is 9.47. The van der Waals surface area contributed by atoms with Gasteiger partial charge in [-0.3, -0.25) is 10.1 Å². The molecule has 0 bridgehead atoms. The van der Waals surface area contributed by atoms with Gasteiger partial charge in [-0.2, -0.15) is 18.3 Å². The number of carbonyl (C=O) groups is 3. The van der Waals surface area contributed by atoms with Crippen LogP contribution in [0.5, 0.6) is 0 Å². The second-order valence-electron chi connectivity index (χ2n) is 6.77. The quantitative estimate of drug-likeness (QED) is 0.555. The molecule has 170 valence electrons. The minimum Gasteiger partial charge on any atom is -0.448 e. The van der Waals surface area contributed by atoms with Crippen molar-refractivity contribution < 1.29 is 32.3 Å². The first kappa shape index (κ1) is 23.3. The summed E-state index contributed by atoms with van der Waals surface area (Å²) in [4.78, 5) is 36.5. The number of halogens is 3. The van der Waals surface area contributed by atoms with Crippen LogP contribution in [-0.4, -0.2) is 40.3 Å². The van der Waals surface area contributed by atoms with E-state index in [1.165, 1.54) is 29.8 Å². The van der Waals surface area contributed by atoms with E-state index >= 15 is 0 Å². The van der Waals surface area contributed by atoms with Crippen LogP contribution in [0.15, 0.2) is 30.3 Å². The second-order valence-corrected chi connectivity index (χ2v) is 7.80. The fraction of sp³-hybridized carbons (Fsp3) is 0.300. The molecule has 1 aromatic carbocycles. The van der Waals surface area contributed by atoms with Gasteiger partial charge < -0.3 is 10.1 Å². The molecule has 3 amide bonds. The molecule has 32 heavy (non-hydrogen) atoms. The minimum absolute atomic E-state index is 0.138. The molecule has 2 N–H and O–H groups in total. The smallest absolute Gasteiger partial charge is 0.416 e. The highest BCUT2D eigenvalue weighted by molar-refractivity contribution is 7.20. The fourth-order valence-electron chi connectivity index (χ4n) is 2.83. The van der Waals surface area contributed by atoms with Gasteiger partial charge in [0.2, 0.25) is 0 Å². The molecule has 2 aromatic heterocycles. The van der Waals surface area contributed by atoms with Crippen LogP contribution >= 0.6 is 11.3 Å². The zero-order chi connectivity index (χ0) is 23.6. The predicted octanol–water partition coefficient (Wildman–Crippen LogP) is 3.81. The Kier molecular flexibility index (Phi) is 6.53. The van der Waals surface area contributed by atoms with Crippen LogP contribution in [0.3, 0.4) is 0 Å². The van der Waals surface area contributed by atoms with Crippen molar-refractivity contribution in [2.75, 3.05) is 6.54 Å². The standard InChI is InChI=1S/C20H19F3N4O4S/c1-4-24-19(30)25-16(28)11(3)31-18(29)15-9-14-10(2)26-27(17(14)32-15)13-7-5-6-12(8-13)20(21,22)23/h5-9,11H,4H2,1-3H3,(H2,24,25,28,30). The summed E-state index contributed by atoms with van der Waals surface area (Å²) in [6.07, 6.45) is -5.75. The Hall–Kier alpha value is -3.41. The summed E-state index contributed by atoms with van der Waals surface area (Å²) in [5.74, 6) is -1.60. The maximum absolute atomic E-state index is 13.1. The highest BCUT2D eigenvalue weighted by Gasteiger charge is 2.31. The highest BCUT2D eigenvalue weighted by atomic mass is 32.1. The van der Waals surface area contributed by atoms with Gasteiger partial charge in [0.1, 0.15) is 9.71 Å². The third kappa shape index (κ3) is 4.90. The average molecular weight is 468 g/mol. The molecule has 3 aromatic rings. The zero-order valence-corrected chi connectivity index (χ0v) is 18.1. The van der Waals surface area contributed by atoms with Crippen molar-refractivity contribution in [2.24, 2.45) is 0 Å². The van der Waals surface area contributed by atoms with E-state index < -0.39 is 35.8 Å². The van der Waals surface area contributed by atoms with Crippen LogP contribution in [0, 0.1) is 6.92 Å². The summed E-state index contributed by atoms with van der Waals surface area (Å²) < 4.78 is 45.7. The molecule has 0 saturated heterocycles. The highest BCUT2D eigenvalue weighted by Crippen LogP contribution is 2.34. The number of nitrogens with zero attached hydrogens (tertiary/aromatic N) is 2. The molecule has 0 saturated carbocycles. The number of esters is 1. The molecule has 0 aliphatic rings. The second kappa shape index (κ2) is 8.99. The number of hydrogen-bond acceptors (Lipinski definition) is 6. The first-order valence-corrected chi connectivity index (χ1v) is 10.3. The van der Waals surface area contributed by atoms with E-state index in [0.717, 1.165) is 23.5 Å². The van der Waals surface area contributed by atoms with Crippen molar-refractivity contribution >= 4 is 39.5 Å². The number of aryl methyl sites for hydroxylation is 1. The van der Waals surface area contributed by atoms with Crippen LogP contribution in [0.2, 0.25) is 0 Å². The summed E-state index contributed by atoms with van der Waals surface area (Å²) >= 11 is 0.970. The van der Waals surface area contributed by atoms with Crippen LogP contribution in [0.1, 0.15) is 34.8 Å². The Labute approximate surface area is 184 Å². The van der Waals surface area contributed by atoms with Gasteiger partial charge in [-0.25, -0.2) is 14.3 Å². The van der Waals surface area contributed by atoms with Crippen molar-refractivity contribution in [3.05, 3.63) is 46.5 Å². The monoisotopic (exact) mass is 468 g/mol. The number of imide groups is 1. The number of alkyl halides is 3. The zero-order valence-electron chi connectivity index (χ0n) is 17.2. The molecule has 0 aliphatic heterocycles. The number of amides is 3. The maximum atomic E-state index is 13.1. The number of benzene rings is 1. The van der Waals surface area contributed by atoms with Gasteiger partial charge >= 0.3 is 18.2 Å². The lowest BCUT2D eigenvalue weighted by atomic mass is 10.2. The van der Waals surface area contributed by atoms with Gasteiger partial charge in [-0.1, -0.05) is 6.07 Å². The number of thiophene rings is 1. The van der Waals surface area contributed by atoms with E-state index in [0.29, 0.717) is 22.5 Å². The van der Waals surface area contributed by atoms with Crippen molar-refractivity contribution in [1.29, 1.82) is 0 Å². The number of nitrogens with one attached hydrogen (secondary N) is 2. The van der Waals surface area contributed by atoms with Gasteiger partial charge in [0.25, 0.3) is 5.91 Å². The lowest BCUT2D eigenvalue weighted by Crippen LogP contribution is -2.44. The van der Waals surface area contributed by atoms with E-state index in [4.69, 9.17) is 4.74 Å². The van der Waals surface area contributed by atoms with Crippen LogP contribution < -0.4 is 10.6 Å². The minimum atomic E-state index is -4.51. The first-order chi connectivity index (χ1) is 15.0. The van der Waals surface area contributed by atoms with Crippen molar-refractivity contribution in [3.8, 4) is 5.69 Å². The number of carbonyl (C=O) groups excluding carboxylic acids is 3. The normalized spacial score (nSPS) is 12.4. The summed E-state index contributed by atoms with van der Waals surface area (Å²) in [5.41, 5.74) is -0.122. The molecule has 3 rings (SSSR count). The van der Waals surface area contributed by atoms with Crippen molar-refractivity contribution in [2.45, 2.75) is 33.1 Å². The topological polar surface area (TPSA) is 102 Å². The maximum Gasteiger partial charge on any atom is 0.416 e. The third-order valence-electron chi connectivity index (χ3n) is 4.39. The van der Waals surface area contributed by atoms with E-state index in [2.05, 4.69) is 10.4 Å². The molecule has 0 radical (unpaired) electrons. The summed E-state index contributed by atoms with van der Waals surface area (Å²) in [7, 11) is 0. The molecular weight excluding hydrogens is 449 g/mol. The number of aromatic nitrogens is 2. The lowest BCUT2D eigenvalue weighted by molar-refractivity contribution is -0.137. The SMILES string of the molecule is CCNC(=O)NC(=O)C(C)OC(=O)c1cc2c(C)nn(-c3cccc(C(F)(F)F)c3)c2s1. The Morgan fingerprint density at radius 3 is 2.62 bits per heavy atom. The van der Waals surface area contributed by atoms with Gasteiger partial charge in [0.05, 0.1) is 16.9 Å². The number of ether oxygens (including phenoxy) is 1. The fourth-order valence-corrected chi connectivity index (χ4v) is 3.89. The van der Waals surface area contributed by atoms with E-state index in [1.807, 2.05) is 5.32 Å². The molecule has 1 unspecified atom stereocenters. The number of hydrogen-bond donors (Lipinski definition) is 2. The lowest BCUT2D eigenvalue weighted by Gasteiger charge is -2.12. The van der Waals surface area contributed by atoms with Crippen molar-refractivity contribution in [3.63, 3.8) is 0 Å². The van der Waals surface area contributed by atoms with Gasteiger partial charge in [-0.15, -0.1) is 11.3 Å². The van der Waals surface area contributed by atoms with E-state index in [-0.39, 0.29) is 10.6 Å². The van der Waals surface area contributed by atoms with Crippen LogP contribution in [0.25, 0.3) is 15.9 Å². The molecule has 8 nitrogen and oxygen atoms in total. The Morgan fingerprint density at radius 2 is 1.97 bits per heavy atom. The molecule has 1 atom stereocenters. The number of urea groups is 1. The van der Waals surface area contributed by atoms with Crippen molar-refractivity contribution in [1.82, 2.24) is 20.4 Å². The van der Waals surface area contributed by atoms with E-state index in [1.54, 1.807) is 13.8 Å². The van der Waals surface area contributed by atoms with Gasteiger partial charge in [0, 0.05) is 11.9 Å².